The topological polar surface area (TPSA) is 61.8 Å². The van der Waals surface area contributed by atoms with E-state index in [1.165, 1.54) is 6.08 Å². The van der Waals surface area contributed by atoms with Gasteiger partial charge in [-0.25, -0.2) is 0 Å². The molecular formula is C11H13F3O5S. The second-order valence-corrected chi connectivity index (χ2v) is 6.80. The lowest BCUT2D eigenvalue weighted by Gasteiger charge is -2.22. The fourth-order valence-electron chi connectivity index (χ4n) is 3.13. The van der Waals surface area contributed by atoms with Crippen LogP contribution in [-0.4, -0.2) is 32.9 Å². The van der Waals surface area contributed by atoms with Crippen molar-refractivity contribution >= 4 is 10.1 Å². The lowest BCUT2D eigenvalue weighted by molar-refractivity contribution is -0.154. The van der Waals surface area contributed by atoms with E-state index >= 15 is 0 Å². The highest BCUT2D eigenvalue weighted by atomic mass is 32.2. The van der Waals surface area contributed by atoms with Crippen LogP contribution in [0.5, 0.6) is 0 Å². The summed E-state index contributed by atoms with van der Waals surface area (Å²) in [7, 11) is -5.57. The number of ether oxygens (including phenoxy) is 2. The zero-order valence-electron chi connectivity index (χ0n) is 10.4. The molecule has 0 radical (unpaired) electrons. The van der Waals surface area contributed by atoms with E-state index in [0.29, 0.717) is 26.1 Å². The predicted molar refractivity (Wildman–Crippen MR) is 59.6 cm³/mol. The Bertz CT molecular complexity index is 533. The maximum absolute atomic E-state index is 12.2. The van der Waals surface area contributed by atoms with Gasteiger partial charge < -0.3 is 13.7 Å². The highest BCUT2D eigenvalue weighted by Crippen LogP contribution is 2.51. The largest absolute Gasteiger partial charge is 0.534 e. The van der Waals surface area contributed by atoms with Gasteiger partial charge in [0.2, 0.25) is 0 Å². The van der Waals surface area contributed by atoms with Crippen molar-refractivity contribution in [1.29, 1.82) is 0 Å². The molecule has 0 bridgehead atoms. The molecule has 0 aromatic heterocycles. The first kappa shape index (κ1) is 14.2. The smallest absolute Gasteiger partial charge is 0.381 e. The van der Waals surface area contributed by atoms with E-state index in [1.54, 1.807) is 0 Å². The van der Waals surface area contributed by atoms with Crippen molar-refractivity contribution in [1.82, 2.24) is 0 Å². The molecule has 5 nitrogen and oxygen atoms in total. The minimum Gasteiger partial charge on any atom is -0.381 e. The normalized spacial score (nSPS) is 32.5. The van der Waals surface area contributed by atoms with Crippen molar-refractivity contribution in [3.05, 3.63) is 11.8 Å². The highest BCUT2D eigenvalue weighted by Gasteiger charge is 2.53. The second kappa shape index (κ2) is 4.35. The summed E-state index contributed by atoms with van der Waals surface area (Å²) in [5.41, 5.74) is -5.40. The summed E-state index contributed by atoms with van der Waals surface area (Å²) in [6.45, 7) is 1.02. The molecule has 1 aliphatic heterocycles. The third kappa shape index (κ3) is 2.31. The van der Waals surface area contributed by atoms with Gasteiger partial charge in [0.15, 0.2) is 5.79 Å². The van der Waals surface area contributed by atoms with Crippen molar-refractivity contribution in [2.45, 2.75) is 30.6 Å². The van der Waals surface area contributed by atoms with Crippen LogP contribution in [0.2, 0.25) is 0 Å². The van der Waals surface area contributed by atoms with Gasteiger partial charge in [0.05, 0.1) is 13.2 Å². The minimum atomic E-state index is -5.57. The predicted octanol–water partition coefficient (Wildman–Crippen LogP) is 1.91. The number of alkyl halides is 3. The molecule has 1 saturated heterocycles. The molecule has 9 heteroatoms. The quantitative estimate of drug-likeness (QED) is 0.575. The number of hydrogen-bond donors (Lipinski definition) is 0. The lowest BCUT2D eigenvalue weighted by atomic mass is 10.0. The molecule has 3 aliphatic rings. The Kier molecular flexibility index (Phi) is 3.07. The zero-order chi connectivity index (χ0) is 14.6. The summed E-state index contributed by atoms with van der Waals surface area (Å²) in [5.74, 6) is -0.830. The molecule has 2 atom stereocenters. The zero-order valence-corrected chi connectivity index (χ0v) is 11.2. The van der Waals surface area contributed by atoms with Crippen LogP contribution in [0.4, 0.5) is 13.2 Å². The third-order valence-corrected chi connectivity index (χ3v) is 4.90. The SMILES string of the molecule is O=S(=O)(OC1=CC2CC3(C[C@@H]2C1)OCCO3)C(F)(F)F. The molecule has 0 N–H and O–H groups in total. The number of halogens is 3. The maximum atomic E-state index is 12.2. The Morgan fingerprint density at radius 1 is 1.25 bits per heavy atom. The van der Waals surface area contributed by atoms with E-state index in [1.807, 2.05) is 0 Å². The van der Waals surface area contributed by atoms with Crippen LogP contribution in [0, 0.1) is 11.8 Å². The Labute approximate surface area is 113 Å². The summed E-state index contributed by atoms with van der Waals surface area (Å²) in [6, 6.07) is 0. The Balaban J connectivity index is 1.69. The highest BCUT2D eigenvalue weighted by molar-refractivity contribution is 7.87. The summed E-state index contributed by atoms with van der Waals surface area (Å²) in [5, 5.41) is 0. The molecule has 1 heterocycles. The van der Waals surface area contributed by atoms with Crippen LogP contribution in [0.3, 0.4) is 0 Å². The molecule has 0 amide bonds. The van der Waals surface area contributed by atoms with E-state index in [0.717, 1.165) is 0 Å². The lowest BCUT2D eigenvalue weighted by Crippen LogP contribution is -2.27. The van der Waals surface area contributed by atoms with Crippen molar-refractivity contribution in [2.24, 2.45) is 11.8 Å². The fourth-order valence-corrected chi connectivity index (χ4v) is 3.63. The molecular weight excluding hydrogens is 301 g/mol. The molecule has 0 aromatic rings. The van der Waals surface area contributed by atoms with Crippen molar-refractivity contribution in [3.63, 3.8) is 0 Å². The van der Waals surface area contributed by atoms with Gasteiger partial charge in [0.1, 0.15) is 5.76 Å². The average Bonchev–Trinajstić information content (AvgIpc) is 2.93. The molecule has 2 aliphatic carbocycles. The van der Waals surface area contributed by atoms with Gasteiger partial charge >= 0.3 is 15.6 Å². The van der Waals surface area contributed by atoms with E-state index in [4.69, 9.17) is 9.47 Å². The van der Waals surface area contributed by atoms with Crippen molar-refractivity contribution < 1.29 is 35.2 Å². The molecule has 20 heavy (non-hydrogen) atoms. The Morgan fingerprint density at radius 2 is 1.90 bits per heavy atom. The standard InChI is InChI=1S/C11H13F3O5S/c12-11(13,14)20(15,16)19-9-3-7-5-10(6-8(7)4-9)17-1-2-18-10/h3,7-8H,1-2,4-6H2/t7?,8-/m0/s1. The number of rotatable bonds is 2. The monoisotopic (exact) mass is 314 g/mol. The van der Waals surface area contributed by atoms with Gasteiger partial charge in [-0.2, -0.15) is 21.6 Å². The van der Waals surface area contributed by atoms with Crippen molar-refractivity contribution in [2.75, 3.05) is 13.2 Å². The van der Waals surface area contributed by atoms with E-state index in [2.05, 4.69) is 4.18 Å². The van der Waals surface area contributed by atoms with Gasteiger partial charge in [0.25, 0.3) is 0 Å². The molecule has 1 unspecified atom stereocenters. The maximum Gasteiger partial charge on any atom is 0.534 e. The first-order chi connectivity index (χ1) is 9.21. The van der Waals surface area contributed by atoms with Gasteiger partial charge in [-0.3, -0.25) is 0 Å². The second-order valence-electron chi connectivity index (χ2n) is 5.26. The van der Waals surface area contributed by atoms with Gasteiger partial charge in [-0.15, -0.1) is 0 Å². The van der Waals surface area contributed by atoms with E-state index in [9.17, 15) is 21.6 Å². The van der Waals surface area contributed by atoms with Gasteiger partial charge in [-0.05, 0) is 17.9 Å². The van der Waals surface area contributed by atoms with Crippen LogP contribution in [0.15, 0.2) is 11.8 Å². The molecule has 114 valence electrons. The molecule has 1 spiro atoms. The molecule has 2 fully saturated rings. The van der Waals surface area contributed by atoms with Crippen LogP contribution in [-0.2, 0) is 23.8 Å². The van der Waals surface area contributed by atoms with Crippen LogP contribution < -0.4 is 0 Å². The number of allylic oxidation sites excluding steroid dienone is 2. The van der Waals surface area contributed by atoms with Gasteiger partial charge in [-0.1, -0.05) is 0 Å². The van der Waals surface area contributed by atoms with E-state index < -0.39 is 21.4 Å². The molecule has 0 aromatic carbocycles. The minimum absolute atomic E-state index is 0.00605. The average molecular weight is 314 g/mol. The van der Waals surface area contributed by atoms with Crippen LogP contribution >= 0.6 is 0 Å². The third-order valence-electron chi connectivity index (χ3n) is 3.90. The summed E-state index contributed by atoms with van der Waals surface area (Å²) in [4.78, 5) is 0. The van der Waals surface area contributed by atoms with Crippen LogP contribution in [0.1, 0.15) is 19.3 Å². The summed E-state index contributed by atoms with van der Waals surface area (Å²) < 4.78 is 73.8. The van der Waals surface area contributed by atoms with Gasteiger partial charge in [0, 0.05) is 19.3 Å². The van der Waals surface area contributed by atoms with E-state index in [-0.39, 0.29) is 24.0 Å². The Morgan fingerprint density at radius 3 is 2.45 bits per heavy atom. The summed E-state index contributed by atoms with van der Waals surface area (Å²) in [6.07, 6.45) is 2.69. The fraction of sp³-hybridized carbons (Fsp3) is 0.818. The number of hydrogen-bond acceptors (Lipinski definition) is 5. The molecule has 1 saturated carbocycles. The van der Waals surface area contributed by atoms with Crippen molar-refractivity contribution in [3.8, 4) is 0 Å². The van der Waals surface area contributed by atoms with Crippen LogP contribution in [0.25, 0.3) is 0 Å². The first-order valence-electron chi connectivity index (χ1n) is 6.20. The summed E-state index contributed by atoms with van der Waals surface area (Å²) >= 11 is 0. The first-order valence-corrected chi connectivity index (χ1v) is 7.61. The Hall–Kier alpha value is -0.800. The number of fused-ring (bicyclic) bond motifs is 1. The molecule has 3 rings (SSSR count).